The van der Waals surface area contributed by atoms with Gasteiger partial charge in [-0.2, -0.15) is 0 Å². The molecule has 0 bridgehead atoms. The molecule has 0 radical (unpaired) electrons. The summed E-state index contributed by atoms with van der Waals surface area (Å²) in [4.78, 5) is 18.7. The summed E-state index contributed by atoms with van der Waals surface area (Å²) in [6.07, 6.45) is 5.32. The van der Waals surface area contributed by atoms with Gasteiger partial charge in [-0.05, 0) is 43.9 Å². The van der Waals surface area contributed by atoms with Crippen LogP contribution in [-0.4, -0.2) is 35.5 Å². The first-order valence-electron chi connectivity index (χ1n) is 8.73. The zero-order chi connectivity index (χ0) is 17.6. The molecule has 5 nitrogen and oxygen atoms in total. The van der Waals surface area contributed by atoms with Crippen molar-refractivity contribution < 1.29 is 13.9 Å². The second-order valence-corrected chi connectivity index (χ2v) is 6.64. The molecule has 2 aromatic rings. The highest BCUT2D eigenvalue weighted by Gasteiger charge is 2.31. The van der Waals surface area contributed by atoms with Gasteiger partial charge >= 0.3 is 0 Å². The van der Waals surface area contributed by atoms with Gasteiger partial charge in [0.25, 0.3) is 0 Å². The van der Waals surface area contributed by atoms with Gasteiger partial charge in [-0.25, -0.2) is 4.98 Å². The van der Waals surface area contributed by atoms with Gasteiger partial charge in [0.1, 0.15) is 18.4 Å². The van der Waals surface area contributed by atoms with Crippen molar-refractivity contribution in [2.75, 3.05) is 19.8 Å². The van der Waals surface area contributed by atoms with E-state index < -0.39 is 0 Å². The first-order chi connectivity index (χ1) is 12.2. The number of aromatic nitrogens is 1. The second-order valence-electron chi connectivity index (χ2n) is 6.21. The maximum Gasteiger partial charge on any atom is 0.249 e. The molecule has 3 rings (SSSR count). The van der Waals surface area contributed by atoms with Crippen molar-refractivity contribution in [1.82, 2.24) is 9.88 Å². The number of benzene rings is 1. The number of nitrogens with zero attached hydrogens (tertiary/aromatic N) is 2. The van der Waals surface area contributed by atoms with Crippen LogP contribution in [0.2, 0.25) is 5.02 Å². The van der Waals surface area contributed by atoms with E-state index >= 15 is 0 Å². The number of hydrogen-bond donors (Lipinski definition) is 0. The summed E-state index contributed by atoms with van der Waals surface area (Å²) in [6.45, 7) is 3.26. The van der Waals surface area contributed by atoms with E-state index in [1.807, 2.05) is 36.1 Å². The maximum absolute atomic E-state index is 12.4. The monoisotopic (exact) mass is 362 g/mol. The summed E-state index contributed by atoms with van der Waals surface area (Å²) in [5.74, 6) is 1.39. The summed E-state index contributed by atoms with van der Waals surface area (Å²) in [5, 5.41) is 0.706. The molecular formula is C19H23ClN2O3. The molecule has 25 heavy (non-hydrogen) atoms. The Morgan fingerprint density at radius 1 is 1.44 bits per heavy atom. The number of ether oxygens (including phenoxy) is 1. The van der Waals surface area contributed by atoms with Crippen molar-refractivity contribution in [3.05, 3.63) is 52.7 Å². The number of piperidine rings is 1. The van der Waals surface area contributed by atoms with E-state index in [1.165, 1.54) is 0 Å². The van der Waals surface area contributed by atoms with Crippen LogP contribution in [0.5, 0.6) is 0 Å². The number of carbonyl (C=O) groups excluding carboxylic acids is 1. The number of hydrogen-bond acceptors (Lipinski definition) is 4. The number of halogens is 1. The Labute approximate surface area is 152 Å². The van der Waals surface area contributed by atoms with Crippen molar-refractivity contribution >= 4 is 17.5 Å². The third-order valence-electron chi connectivity index (χ3n) is 4.38. The third kappa shape index (κ3) is 4.61. The predicted octanol–water partition coefficient (Wildman–Crippen LogP) is 4.01. The molecule has 0 N–H and O–H groups in total. The molecular weight excluding hydrogens is 340 g/mol. The molecule has 0 saturated carbocycles. The number of carbonyl (C=O) groups is 1. The molecule has 134 valence electrons. The van der Waals surface area contributed by atoms with Gasteiger partial charge in [-0.3, -0.25) is 4.79 Å². The Hall–Kier alpha value is -1.85. The number of likely N-dealkylation sites (tertiary alicyclic amines) is 1. The molecule has 0 aliphatic carbocycles. The van der Waals surface area contributed by atoms with Crippen LogP contribution in [0.25, 0.3) is 0 Å². The molecule has 1 amide bonds. The van der Waals surface area contributed by atoms with Crippen LogP contribution in [0.1, 0.15) is 49.4 Å². The van der Waals surface area contributed by atoms with Crippen molar-refractivity contribution in [3.8, 4) is 0 Å². The topological polar surface area (TPSA) is 55.6 Å². The summed E-state index contributed by atoms with van der Waals surface area (Å²) < 4.78 is 11.2. The minimum absolute atomic E-state index is 0.00106. The molecule has 1 atom stereocenters. The smallest absolute Gasteiger partial charge is 0.249 e. The average Bonchev–Trinajstić information content (AvgIpc) is 3.08. The van der Waals surface area contributed by atoms with Crippen LogP contribution in [0.4, 0.5) is 0 Å². The van der Waals surface area contributed by atoms with E-state index in [0.29, 0.717) is 23.9 Å². The van der Waals surface area contributed by atoms with Crippen LogP contribution in [0, 0.1) is 0 Å². The van der Waals surface area contributed by atoms with Crippen molar-refractivity contribution in [2.45, 2.75) is 38.6 Å². The highest BCUT2D eigenvalue weighted by Crippen LogP contribution is 2.31. The Bertz CT molecular complexity index is 716. The zero-order valence-electron chi connectivity index (χ0n) is 14.4. The van der Waals surface area contributed by atoms with Crippen molar-refractivity contribution in [2.24, 2.45) is 0 Å². The minimum atomic E-state index is -0.102. The Balaban J connectivity index is 1.71. The van der Waals surface area contributed by atoms with Crippen molar-refractivity contribution in [1.29, 1.82) is 0 Å². The van der Waals surface area contributed by atoms with Crippen LogP contribution in [0.15, 0.2) is 34.9 Å². The predicted molar refractivity (Wildman–Crippen MR) is 95.6 cm³/mol. The third-order valence-corrected chi connectivity index (χ3v) is 4.61. The minimum Gasteiger partial charge on any atom is -0.443 e. The van der Waals surface area contributed by atoms with Gasteiger partial charge in [0.05, 0.1) is 6.20 Å². The summed E-state index contributed by atoms with van der Waals surface area (Å²) in [7, 11) is 0. The average molecular weight is 363 g/mol. The van der Waals surface area contributed by atoms with E-state index in [4.69, 9.17) is 20.8 Å². The van der Waals surface area contributed by atoms with E-state index in [0.717, 1.165) is 37.1 Å². The van der Waals surface area contributed by atoms with Crippen molar-refractivity contribution in [3.63, 3.8) is 0 Å². The van der Waals surface area contributed by atoms with E-state index in [1.54, 1.807) is 6.20 Å². The molecule has 0 spiro atoms. The first kappa shape index (κ1) is 18.0. The quantitative estimate of drug-likeness (QED) is 0.779. The molecule has 1 aliphatic rings. The number of rotatable bonds is 6. The SMILES string of the molecule is CCOCC(=O)N1CCCC[C@H]1c1ncc(Cc2cccc(Cl)c2)o1. The van der Waals surface area contributed by atoms with Crippen LogP contribution in [0.3, 0.4) is 0 Å². The van der Waals surface area contributed by atoms with Gasteiger partial charge < -0.3 is 14.1 Å². The van der Waals surface area contributed by atoms with Gasteiger partial charge in [-0.1, -0.05) is 23.7 Å². The number of oxazole rings is 1. The lowest BCUT2D eigenvalue weighted by atomic mass is 10.0. The lowest BCUT2D eigenvalue weighted by Crippen LogP contribution is -2.40. The van der Waals surface area contributed by atoms with Crippen LogP contribution in [-0.2, 0) is 16.0 Å². The summed E-state index contributed by atoms with van der Waals surface area (Å²) >= 11 is 6.03. The van der Waals surface area contributed by atoms with E-state index in [-0.39, 0.29) is 18.6 Å². The molecule has 1 aromatic carbocycles. The lowest BCUT2D eigenvalue weighted by Gasteiger charge is -2.33. The zero-order valence-corrected chi connectivity index (χ0v) is 15.2. The first-order valence-corrected chi connectivity index (χ1v) is 9.11. The fraction of sp³-hybridized carbons (Fsp3) is 0.474. The summed E-state index contributed by atoms with van der Waals surface area (Å²) in [6, 6.07) is 7.59. The molecule has 1 aromatic heterocycles. The second kappa shape index (κ2) is 8.50. The molecule has 6 heteroatoms. The molecule has 1 fully saturated rings. The van der Waals surface area contributed by atoms with Crippen LogP contribution >= 0.6 is 11.6 Å². The van der Waals surface area contributed by atoms with Gasteiger partial charge in [0.15, 0.2) is 0 Å². The van der Waals surface area contributed by atoms with Gasteiger partial charge in [0, 0.05) is 24.6 Å². The fourth-order valence-electron chi connectivity index (χ4n) is 3.17. The Morgan fingerprint density at radius 2 is 2.32 bits per heavy atom. The largest absolute Gasteiger partial charge is 0.443 e. The van der Waals surface area contributed by atoms with Crippen LogP contribution < -0.4 is 0 Å². The summed E-state index contributed by atoms with van der Waals surface area (Å²) in [5.41, 5.74) is 1.07. The Kier molecular flexibility index (Phi) is 6.10. The molecule has 1 aliphatic heterocycles. The molecule has 0 unspecified atom stereocenters. The maximum atomic E-state index is 12.4. The fourth-order valence-corrected chi connectivity index (χ4v) is 3.38. The van der Waals surface area contributed by atoms with Gasteiger partial charge in [-0.15, -0.1) is 0 Å². The van der Waals surface area contributed by atoms with E-state index in [2.05, 4.69) is 4.98 Å². The van der Waals surface area contributed by atoms with Gasteiger partial charge in [0.2, 0.25) is 11.8 Å². The van der Waals surface area contributed by atoms with E-state index in [9.17, 15) is 4.79 Å². The molecule has 2 heterocycles. The highest BCUT2D eigenvalue weighted by molar-refractivity contribution is 6.30. The molecule has 1 saturated heterocycles. The Morgan fingerprint density at radius 3 is 3.12 bits per heavy atom. The number of amides is 1. The highest BCUT2D eigenvalue weighted by atomic mass is 35.5. The standard InChI is InChI=1S/C19H23ClN2O3/c1-2-24-13-18(23)22-9-4-3-8-17(22)19-21-12-16(25-19)11-14-6-5-7-15(20)10-14/h5-7,10,12,17H,2-4,8-9,11,13H2,1H3/t17-/m0/s1. The lowest BCUT2D eigenvalue weighted by molar-refractivity contribution is -0.140. The normalized spacial score (nSPS) is 17.7.